The number of nitrogens with zero attached hydrogens (tertiary/aromatic N) is 3. The number of aromatic nitrogens is 3. The van der Waals surface area contributed by atoms with Crippen LogP contribution in [0, 0.1) is 0 Å². The number of hydrogen-bond acceptors (Lipinski definition) is 5. The van der Waals surface area contributed by atoms with Gasteiger partial charge in [0.2, 0.25) is 5.95 Å². The highest BCUT2D eigenvalue weighted by Gasteiger charge is 2.32. The molecule has 0 bridgehead atoms. The number of carbonyl (C=O) groups is 1. The summed E-state index contributed by atoms with van der Waals surface area (Å²) < 4.78 is 0. The van der Waals surface area contributed by atoms with Crippen molar-refractivity contribution in [2.24, 2.45) is 0 Å². The van der Waals surface area contributed by atoms with Crippen molar-refractivity contribution in [1.29, 1.82) is 0 Å². The molecule has 0 radical (unpaired) electrons. The van der Waals surface area contributed by atoms with Crippen LogP contribution in [0.4, 0.5) is 5.95 Å². The number of ketones is 1. The van der Waals surface area contributed by atoms with Gasteiger partial charge in [-0.15, -0.1) is 0 Å². The first-order chi connectivity index (χ1) is 13.7. The van der Waals surface area contributed by atoms with Crippen LogP contribution in [0.3, 0.4) is 0 Å². The Kier molecular flexibility index (Phi) is 3.72. The number of nitrogens with two attached hydrogens (primary N) is 1. The molecule has 5 heteroatoms. The molecule has 1 aliphatic rings. The van der Waals surface area contributed by atoms with Gasteiger partial charge in [-0.25, -0.2) is 9.97 Å². The zero-order valence-corrected chi connectivity index (χ0v) is 15.0. The zero-order chi connectivity index (χ0) is 19.1. The quantitative estimate of drug-likeness (QED) is 0.525. The molecule has 2 heterocycles. The van der Waals surface area contributed by atoms with Gasteiger partial charge in [0.1, 0.15) is 0 Å². The van der Waals surface area contributed by atoms with Crippen molar-refractivity contribution in [2.75, 3.05) is 5.73 Å². The standard InChI is InChI=1S/C23H16N4O/c24-23-26-20(16-6-2-1-3-7-16)19-21(27-23)18-12-14(8-9-17(18)22(19)28)11-15-5-4-10-25-13-15/h1-10,12-13H,11H2,(H2,24,26,27). The fourth-order valence-electron chi connectivity index (χ4n) is 3.66. The van der Waals surface area contributed by atoms with Crippen molar-refractivity contribution in [3.63, 3.8) is 0 Å². The first-order valence-electron chi connectivity index (χ1n) is 9.00. The number of hydrogen-bond donors (Lipinski definition) is 1. The third-order valence-electron chi connectivity index (χ3n) is 4.92. The molecule has 0 spiro atoms. The Morgan fingerprint density at radius 2 is 1.64 bits per heavy atom. The average Bonchev–Trinajstić information content (AvgIpc) is 3.00. The van der Waals surface area contributed by atoms with Gasteiger partial charge in [-0.1, -0.05) is 48.5 Å². The molecule has 0 unspecified atom stereocenters. The molecule has 134 valence electrons. The molecule has 2 aromatic carbocycles. The maximum atomic E-state index is 13.1. The molecule has 0 saturated heterocycles. The predicted octanol–water partition coefficient (Wildman–Crippen LogP) is 3.92. The highest BCUT2D eigenvalue weighted by atomic mass is 16.1. The normalized spacial score (nSPS) is 11.9. The maximum Gasteiger partial charge on any atom is 0.221 e. The van der Waals surface area contributed by atoms with Crippen LogP contribution in [0.15, 0.2) is 73.1 Å². The summed E-state index contributed by atoms with van der Waals surface area (Å²) in [5.74, 6) is 0.104. The number of benzene rings is 2. The summed E-state index contributed by atoms with van der Waals surface area (Å²) in [6, 6.07) is 19.4. The van der Waals surface area contributed by atoms with E-state index in [0.29, 0.717) is 22.5 Å². The predicted molar refractivity (Wildman–Crippen MR) is 108 cm³/mol. The summed E-state index contributed by atoms with van der Waals surface area (Å²) in [5, 5.41) is 0. The molecule has 0 fully saturated rings. The number of rotatable bonds is 3. The third kappa shape index (κ3) is 2.65. The van der Waals surface area contributed by atoms with Gasteiger partial charge in [-0.2, -0.15) is 0 Å². The molecule has 0 amide bonds. The van der Waals surface area contributed by atoms with E-state index in [4.69, 9.17) is 5.73 Å². The molecular formula is C23H16N4O. The highest BCUT2D eigenvalue weighted by Crippen LogP contribution is 2.40. The Balaban J connectivity index is 1.65. The second kappa shape index (κ2) is 6.39. The van der Waals surface area contributed by atoms with Crippen LogP contribution < -0.4 is 5.73 Å². The van der Waals surface area contributed by atoms with Crippen molar-refractivity contribution >= 4 is 11.7 Å². The summed E-state index contributed by atoms with van der Waals surface area (Å²) in [7, 11) is 0. The highest BCUT2D eigenvalue weighted by molar-refractivity contribution is 6.23. The van der Waals surface area contributed by atoms with Crippen LogP contribution in [0.1, 0.15) is 27.0 Å². The van der Waals surface area contributed by atoms with Crippen molar-refractivity contribution in [1.82, 2.24) is 15.0 Å². The van der Waals surface area contributed by atoms with Gasteiger partial charge in [0, 0.05) is 29.1 Å². The number of fused-ring (bicyclic) bond motifs is 3. The molecule has 28 heavy (non-hydrogen) atoms. The van der Waals surface area contributed by atoms with Gasteiger partial charge in [-0.05, 0) is 29.7 Å². The number of anilines is 1. The van der Waals surface area contributed by atoms with E-state index < -0.39 is 0 Å². The molecule has 0 aliphatic heterocycles. The van der Waals surface area contributed by atoms with E-state index in [1.165, 1.54) is 0 Å². The molecule has 0 atom stereocenters. The zero-order valence-electron chi connectivity index (χ0n) is 15.0. The fraction of sp³-hybridized carbons (Fsp3) is 0.0435. The fourth-order valence-corrected chi connectivity index (χ4v) is 3.66. The van der Waals surface area contributed by atoms with Crippen LogP contribution in [0.25, 0.3) is 22.5 Å². The molecule has 0 saturated carbocycles. The Morgan fingerprint density at radius 1 is 0.821 bits per heavy atom. The minimum absolute atomic E-state index is 0.0585. The van der Waals surface area contributed by atoms with Gasteiger partial charge in [0.05, 0.1) is 17.0 Å². The lowest BCUT2D eigenvalue weighted by atomic mass is 10.0. The Labute approximate surface area is 161 Å². The van der Waals surface area contributed by atoms with E-state index in [1.807, 2.05) is 66.9 Å². The molecule has 1 aliphatic carbocycles. The largest absolute Gasteiger partial charge is 0.368 e. The van der Waals surface area contributed by atoms with Crippen LogP contribution in [0.5, 0.6) is 0 Å². The van der Waals surface area contributed by atoms with Crippen molar-refractivity contribution in [3.8, 4) is 22.5 Å². The van der Waals surface area contributed by atoms with E-state index in [1.54, 1.807) is 6.20 Å². The lowest BCUT2D eigenvalue weighted by Gasteiger charge is -2.08. The lowest BCUT2D eigenvalue weighted by molar-refractivity contribution is 0.104. The van der Waals surface area contributed by atoms with E-state index in [9.17, 15) is 4.79 Å². The van der Waals surface area contributed by atoms with Crippen LogP contribution in [0.2, 0.25) is 0 Å². The van der Waals surface area contributed by atoms with E-state index in [2.05, 4.69) is 15.0 Å². The van der Waals surface area contributed by atoms with Crippen molar-refractivity contribution in [3.05, 3.63) is 95.3 Å². The van der Waals surface area contributed by atoms with Gasteiger partial charge in [-0.3, -0.25) is 9.78 Å². The molecule has 2 N–H and O–H groups in total. The monoisotopic (exact) mass is 364 g/mol. The summed E-state index contributed by atoms with van der Waals surface area (Å²) in [6.45, 7) is 0. The Morgan fingerprint density at radius 3 is 2.43 bits per heavy atom. The number of pyridine rings is 1. The van der Waals surface area contributed by atoms with Gasteiger partial charge >= 0.3 is 0 Å². The minimum Gasteiger partial charge on any atom is -0.368 e. The Bertz CT molecular complexity index is 1200. The topological polar surface area (TPSA) is 81.8 Å². The van der Waals surface area contributed by atoms with E-state index >= 15 is 0 Å². The molecule has 5 nitrogen and oxygen atoms in total. The van der Waals surface area contributed by atoms with Crippen molar-refractivity contribution < 1.29 is 4.79 Å². The second-order valence-corrected chi connectivity index (χ2v) is 6.77. The summed E-state index contributed by atoms with van der Waals surface area (Å²) in [6.07, 6.45) is 4.34. The summed E-state index contributed by atoms with van der Waals surface area (Å²) in [5.41, 5.74) is 12.2. The summed E-state index contributed by atoms with van der Waals surface area (Å²) in [4.78, 5) is 26.1. The molecule has 4 aromatic rings. The number of carbonyl (C=O) groups excluding carboxylic acids is 1. The maximum absolute atomic E-state index is 13.1. The summed E-state index contributed by atoms with van der Waals surface area (Å²) >= 11 is 0. The van der Waals surface area contributed by atoms with Crippen LogP contribution >= 0.6 is 0 Å². The lowest BCUT2D eigenvalue weighted by Crippen LogP contribution is -2.05. The van der Waals surface area contributed by atoms with Crippen molar-refractivity contribution in [2.45, 2.75) is 6.42 Å². The molecule has 5 rings (SSSR count). The SMILES string of the molecule is Nc1nc(-c2ccccc2)c2c(n1)-c1cc(Cc3cccnc3)ccc1C2=O. The van der Waals surface area contributed by atoms with Crippen LogP contribution in [-0.4, -0.2) is 20.7 Å². The first-order valence-corrected chi connectivity index (χ1v) is 9.00. The average molecular weight is 364 g/mol. The third-order valence-corrected chi connectivity index (χ3v) is 4.92. The molecule has 2 aromatic heterocycles. The van der Waals surface area contributed by atoms with Crippen LogP contribution in [-0.2, 0) is 6.42 Å². The second-order valence-electron chi connectivity index (χ2n) is 6.77. The first kappa shape index (κ1) is 16.3. The minimum atomic E-state index is -0.0585. The van der Waals surface area contributed by atoms with E-state index in [0.717, 1.165) is 28.7 Å². The van der Waals surface area contributed by atoms with Gasteiger partial charge in [0.15, 0.2) is 5.78 Å². The smallest absolute Gasteiger partial charge is 0.221 e. The molecular weight excluding hydrogens is 348 g/mol. The number of nitrogen functional groups attached to an aromatic ring is 1. The van der Waals surface area contributed by atoms with Gasteiger partial charge in [0.25, 0.3) is 0 Å². The van der Waals surface area contributed by atoms with Gasteiger partial charge < -0.3 is 5.73 Å². The Hall–Kier alpha value is -3.86. The van der Waals surface area contributed by atoms with E-state index in [-0.39, 0.29) is 11.7 Å².